The van der Waals surface area contributed by atoms with Crippen molar-refractivity contribution in [1.29, 1.82) is 0 Å². The number of nitrogens with zero attached hydrogens (tertiary/aromatic N) is 3. The molecule has 2 N–H and O–H groups in total. The third-order valence-electron chi connectivity index (χ3n) is 3.18. The Morgan fingerprint density at radius 1 is 1.20 bits per heavy atom. The van der Waals surface area contributed by atoms with Gasteiger partial charge < -0.3 is 15.2 Å². The first-order valence-corrected chi connectivity index (χ1v) is 5.67. The Kier molecular flexibility index (Phi) is 2.12. The van der Waals surface area contributed by atoms with Gasteiger partial charge in [0.25, 0.3) is 0 Å². The number of aromatic nitrogens is 2. The fraction of sp³-hybridized carbons (Fsp3) is 0.800. The summed E-state index contributed by atoms with van der Waals surface area (Å²) in [4.78, 5) is 6.57. The minimum absolute atomic E-state index is 0.340. The summed E-state index contributed by atoms with van der Waals surface area (Å²) in [5.41, 5.74) is 5.85. The third kappa shape index (κ3) is 1.84. The van der Waals surface area contributed by atoms with Gasteiger partial charge in [-0.2, -0.15) is 4.98 Å². The molecule has 3 rings (SSSR count). The Labute approximate surface area is 88.6 Å². The van der Waals surface area contributed by atoms with Crippen molar-refractivity contribution >= 4 is 6.01 Å². The van der Waals surface area contributed by atoms with Crippen LogP contribution in [0.1, 0.15) is 37.4 Å². The molecule has 0 atom stereocenters. The molecule has 0 unspecified atom stereocenters. The molecule has 1 saturated carbocycles. The first-order valence-electron chi connectivity index (χ1n) is 5.67. The second-order valence-electron chi connectivity index (χ2n) is 4.53. The number of hydrogen-bond donors (Lipinski definition) is 1. The second kappa shape index (κ2) is 3.48. The van der Waals surface area contributed by atoms with E-state index in [-0.39, 0.29) is 0 Å². The number of hydrogen-bond acceptors (Lipinski definition) is 5. The van der Waals surface area contributed by atoms with E-state index in [0.717, 1.165) is 31.8 Å². The summed E-state index contributed by atoms with van der Waals surface area (Å²) in [5.74, 6) is 1.45. The van der Waals surface area contributed by atoms with Gasteiger partial charge in [0.1, 0.15) is 0 Å². The standard InChI is InChI=1S/C10H16N4O/c11-8-3-5-14(6-4-8)10-12-9(13-15-10)7-1-2-7/h7-8H,1-6,11H2. The molecule has 82 valence electrons. The van der Waals surface area contributed by atoms with Crippen molar-refractivity contribution in [3.63, 3.8) is 0 Å². The Balaban J connectivity index is 1.69. The van der Waals surface area contributed by atoms with E-state index in [1.165, 1.54) is 12.8 Å². The normalized spacial score (nSPS) is 23.4. The summed E-state index contributed by atoms with van der Waals surface area (Å²) in [6, 6.07) is 1.02. The molecule has 15 heavy (non-hydrogen) atoms. The van der Waals surface area contributed by atoms with E-state index in [1.807, 2.05) is 0 Å². The molecular formula is C10H16N4O. The topological polar surface area (TPSA) is 68.2 Å². The third-order valence-corrected chi connectivity index (χ3v) is 3.18. The molecule has 5 nitrogen and oxygen atoms in total. The van der Waals surface area contributed by atoms with Crippen molar-refractivity contribution in [3.05, 3.63) is 5.82 Å². The highest BCUT2D eigenvalue weighted by Crippen LogP contribution is 2.38. The van der Waals surface area contributed by atoms with Gasteiger partial charge >= 0.3 is 6.01 Å². The van der Waals surface area contributed by atoms with Crippen LogP contribution in [-0.4, -0.2) is 29.3 Å². The monoisotopic (exact) mass is 208 g/mol. The van der Waals surface area contributed by atoms with Crippen LogP contribution >= 0.6 is 0 Å². The summed E-state index contributed by atoms with van der Waals surface area (Å²) in [5, 5.41) is 4.01. The van der Waals surface area contributed by atoms with Crippen molar-refractivity contribution in [2.45, 2.75) is 37.6 Å². The molecule has 1 aromatic rings. The maximum atomic E-state index is 5.85. The highest BCUT2D eigenvalue weighted by Gasteiger charge is 2.30. The quantitative estimate of drug-likeness (QED) is 0.781. The highest BCUT2D eigenvalue weighted by atomic mass is 16.5. The van der Waals surface area contributed by atoms with Crippen LogP contribution in [0, 0.1) is 0 Å². The molecule has 1 aromatic heterocycles. The van der Waals surface area contributed by atoms with Crippen molar-refractivity contribution in [2.75, 3.05) is 18.0 Å². The van der Waals surface area contributed by atoms with Gasteiger partial charge in [0.05, 0.1) is 0 Å². The minimum Gasteiger partial charge on any atom is -0.328 e. The van der Waals surface area contributed by atoms with Crippen LogP contribution in [0.25, 0.3) is 0 Å². The predicted molar refractivity (Wildman–Crippen MR) is 55.7 cm³/mol. The van der Waals surface area contributed by atoms with Crippen LogP contribution in [-0.2, 0) is 0 Å². The molecule has 2 heterocycles. The van der Waals surface area contributed by atoms with Crippen LogP contribution in [0.5, 0.6) is 0 Å². The fourth-order valence-electron chi connectivity index (χ4n) is 1.95. The van der Waals surface area contributed by atoms with Gasteiger partial charge in [-0.05, 0) is 25.7 Å². The average molecular weight is 208 g/mol. The van der Waals surface area contributed by atoms with Crippen molar-refractivity contribution < 1.29 is 4.52 Å². The Hall–Kier alpha value is -1.10. The molecule has 0 spiro atoms. The van der Waals surface area contributed by atoms with Crippen LogP contribution in [0.3, 0.4) is 0 Å². The SMILES string of the molecule is NC1CCN(c2nc(C3CC3)no2)CC1. The molecule has 2 fully saturated rings. The summed E-state index contributed by atoms with van der Waals surface area (Å²) >= 11 is 0. The average Bonchev–Trinajstić information content (AvgIpc) is 2.99. The lowest BCUT2D eigenvalue weighted by molar-refractivity contribution is 0.389. The number of piperidine rings is 1. The zero-order valence-electron chi connectivity index (χ0n) is 8.72. The Bertz CT molecular complexity index is 339. The summed E-state index contributed by atoms with van der Waals surface area (Å²) in [6.07, 6.45) is 4.45. The molecule has 0 aromatic carbocycles. The number of anilines is 1. The Morgan fingerprint density at radius 2 is 1.93 bits per heavy atom. The van der Waals surface area contributed by atoms with E-state index in [9.17, 15) is 0 Å². The molecule has 0 radical (unpaired) electrons. The van der Waals surface area contributed by atoms with E-state index in [2.05, 4.69) is 15.0 Å². The first kappa shape index (κ1) is 9.15. The lowest BCUT2D eigenvalue weighted by Crippen LogP contribution is -2.39. The van der Waals surface area contributed by atoms with Gasteiger partial charge in [0.15, 0.2) is 5.82 Å². The summed E-state index contributed by atoms with van der Waals surface area (Å²) in [7, 11) is 0. The maximum absolute atomic E-state index is 5.85. The number of rotatable bonds is 2. The van der Waals surface area contributed by atoms with Crippen molar-refractivity contribution in [2.24, 2.45) is 5.73 Å². The lowest BCUT2D eigenvalue weighted by Gasteiger charge is -2.28. The lowest BCUT2D eigenvalue weighted by atomic mass is 10.1. The van der Waals surface area contributed by atoms with Gasteiger partial charge in [-0.25, -0.2) is 0 Å². The van der Waals surface area contributed by atoms with E-state index in [0.29, 0.717) is 18.0 Å². The molecule has 1 saturated heterocycles. The zero-order valence-corrected chi connectivity index (χ0v) is 8.72. The van der Waals surface area contributed by atoms with E-state index >= 15 is 0 Å². The van der Waals surface area contributed by atoms with Crippen LogP contribution in [0.4, 0.5) is 6.01 Å². The van der Waals surface area contributed by atoms with Crippen molar-refractivity contribution in [3.8, 4) is 0 Å². The minimum atomic E-state index is 0.340. The van der Waals surface area contributed by atoms with E-state index in [1.54, 1.807) is 0 Å². The first-order chi connectivity index (χ1) is 7.33. The van der Waals surface area contributed by atoms with E-state index in [4.69, 9.17) is 10.3 Å². The smallest absolute Gasteiger partial charge is 0.324 e. The van der Waals surface area contributed by atoms with Crippen LogP contribution in [0.2, 0.25) is 0 Å². The van der Waals surface area contributed by atoms with Crippen LogP contribution in [0.15, 0.2) is 4.52 Å². The van der Waals surface area contributed by atoms with Gasteiger partial charge in [-0.3, -0.25) is 0 Å². The molecule has 0 bridgehead atoms. The summed E-state index contributed by atoms with van der Waals surface area (Å²) < 4.78 is 5.26. The molecule has 1 aliphatic heterocycles. The second-order valence-corrected chi connectivity index (χ2v) is 4.53. The van der Waals surface area contributed by atoms with Gasteiger partial charge in [0.2, 0.25) is 0 Å². The predicted octanol–water partition coefficient (Wildman–Crippen LogP) is 0.874. The molecule has 1 aliphatic carbocycles. The zero-order chi connectivity index (χ0) is 10.3. The van der Waals surface area contributed by atoms with Gasteiger partial charge in [-0.15, -0.1) is 0 Å². The Morgan fingerprint density at radius 3 is 2.60 bits per heavy atom. The number of nitrogens with two attached hydrogens (primary N) is 1. The molecule has 0 amide bonds. The van der Waals surface area contributed by atoms with Crippen LogP contribution < -0.4 is 10.6 Å². The van der Waals surface area contributed by atoms with E-state index < -0.39 is 0 Å². The summed E-state index contributed by atoms with van der Waals surface area (Å²) in [6.45, 7) is 1.88. The van der Waals surface area contributed by atoms with Crippen molar-refractivity contribution in [1.82, 2.24) is 10.1 Å². The molecular weight excluding hydrogens is 192 g/mol. The largest absolute Gasteiger partial charge is 0.328 e. The molecule has 5 heteroatoms. The molecule has 2 aliphatic rings. The maximum Gasteiger partial charge on any atom is 0.324 e. The highest BCUT2D eigenvalue weighted by molar-refractivity contribution is 5.27. The van der Waals surface area contributed by atoms with Gasteiger partial charge in [-0.1, -0.05) is 5.16 Å². The fourth-order valence-corrected chi connectivity index (χ4v) is 1.95. The van der Waals surface area contributed by atoms with Gasteiger partial charge in [0, 0.05) is 25.0 Å².